The first kappa shape index (κ1) is 11.5. The maximum Gasteiger partial charge on any atom is 0.307 e. The van der Waals surface area contributed by atoms with E-state index in [1.54, 1.807) is 0 Å². The van der Waals surface area contributed by atoms with Crippen LogP contribution in [0.3, 0.4) is 0 Å². The topological polar surface area (TPSA) is 112 Å². The lowest BCUT2D eigenvalue weighted by atomic mass is 9.74. The van der Waals surface area contributed by atoms with Gasteiger partial charge in [-0.05, 0) is 19.3 Å². The molecule has 6 nitrogen and oxygen atoms in total. The first-order valence-corrected chi connectivity index (χ1v) is 4.62. The fourth-order valence-electron chi connectivity index (χ4n) is 1.96. The molecular formula is C9H12O6. The van der Waals surface area contributed by atoms with Crippen LogP contribution in [0.25, 0.3) is 0 Å². The lowest BCUT2D eigenvalue weighted by molar-refractivity contribution is -0.159. The first-order chi connectivity index (χ1) is 6.93. The normalized spacial score (nSPS) is 30.8. The van der Waals surface area contributed by atoms with Crippen molar-refractivity contribution in [3.8, 4) is 0 Å². The number of carbonyl (C=O) groups is 3. The minimum atomic E-state index is -1.23. The second-order valence-electron chi connectivity index (χ2n) is 3.74. The van der Waals surface area contributed by atoms with Crippen LogP contribution in [0, 0.1) is 17.8 Å². The van der Waals surface area contributed by atoms with Crippen molar-refractivity contribution in [2.45, 2.75) is 19.3 Å². The summed E-state index contributed by atoms with van der Waals surface area (Å²) in [5.41, 5.74) is 0. The molecule has 3 N–H and O–H groups in total. The molecule has 1 saturated carbocycles. The van der Waals surface area contributed by atoms with E-state index in [1.165, 1.54) is 0 Å². The number of aliphatic carboxylic acids is 3. The molecule has 0 saturated heterocycles. The molecule has 0 radical (unpaired) electrons. The van der Waals surface area contributed by atoms with Crippen LogP contribution in [0.2, 0.25) is 0 Å². The fraction of sp³-hybridized carbons (Fsp3) is 0.667. The number of hydrogen-bond donors (Lipinski definition) is 3. The van der Waals surface area contributed by atoms with E-state index in [0.29, 0.717) is 0 Å². The Balaban J connectivity index is 2.78. The summed E-state index contributed by atoms with van der Waals surface area (Å²) in [5.74, 6) is -6.22. The highest BCUT2D eigenvalue weighted by Gasteiger charge is 2.41. The highest BCUT2D eigenvalue weighted by Crippen LogP contribution is 2.34. The Hall–Kier alpha value is -1.59. The van der Waals surface area contributed by atoms with Crippen LogP contribution in [0.1, 0.15) is 19.3 Å². The SMILES string of the molecule is O=C(O)C1CC[C@@H](C(=O)O)[C@@H](C(=O)O)C1. The Labute approximate surface area is 85.5 Å². The molecule has 1 fully saturated rings. The van der Waals surface area contributed by atoms with Gasteiger partial charge in [0.1, 0.15) is 0 Å². The number of hydrogen-bond acceptors (Lipinski definition) is 3. The molecule has 0 bridgehead atoms. The Bertz CT molecular complexity index is 297. The van der Waals surface area contributed by atoms with Gasteiger partial charge >= 0.3 is 17.9 Å². The van der Waals surface area contributed by atoms with Crippen molar-refractivity contribution in [2.24, 2.45) is 17.8 Å². The molecule has 0 heterocycles. The van der Waals surface area contributed by atoms with Gasteiger partial charge in [0.25, 0.3) is 0 Å². The fourth-order valence-corrected chi connectivity index (χ4v) is 1.96. The first-order valence-electron chi connectivity index (χ1n) is 4.62. The lowest BCUT2D eigenvalue weighted by Crippen LogP contribution is -2.37. The highest BCUT2D eigenvalue weighted by atomic mass is 16.4. The van der Waals surface area contributed by atoms with Crippen LogP contribution in [0.4, 0.5) is 0 Å². The van der Waals surface area contributed by atoms with E-state index in [4.69, 9.17) is 15.3 Å². The Morgan fingerprint density at radius 3 is 1.73 bits per heavy atom. The van der Waals surface area contributed by atoms with Gasteiger partial charge in [0.15, 0.2) is 0 Å². The molecule has 0 aromatic carbocycles. The van der Waals surface area contributed by atoms with Gasteiger partial charge in [0, 0.05) is 0 Å². The predicted octanol–water partition coefficient (Wildman–Crippen LogP) is 0.273. The van der Waals surface area contributed by atoms with Crippen LogP contribution < -0.4 is 0 Å². The summed E-state index contributed by atoms with van der Waals surface area (Å²) in [6.45, 7) is 0. The molecule has 0 aliphatic heterocycles. The zero-order valence-electron chi connectivity index (χ0n) is 7.92. The van der Waals surface area contributed by atoms with Gasteiger partial charge in [0.2, 0.25) is 0 Å². The van der Waals surface area contributed by atoms with E-state index in [-0.39, 0.29) is 19.3 Å². The lowest BCUT2D eigenvalue weighted by Gasteiger charge is -2.29. The minimum absolute atomic E-state index is 0.0956. The van der Waals surface area contributed by atoms with Crippen LogP contribution in [-0.2, 0) is 14.4 Å². The van der Waals surface area contributed by atoms with Gasteiger partial charge in [-0.25, -0.2) is 0 Å². The smallest absolute Gasteiger partial charge is 0.307 e. The van der Waals surface area contributed by atoms with Crippen molar-refractivity contribution in [3.63, 3.8) is 0 Å². The average molecular weight is 216 g/mol. The Kier molecular flexibility index (Phi) is 3.28. The third kappa shape index (κ3) is 2.45. The van der Waals surface area contributed by atoms with Crippen molar-refractivity contribution in [3.05, 3.63) is 0 Å². The van der Waals surface area contributed by atoms with E-state index >= 15 is 0 Å². The molecule has 1 aliphatic rings. The van der Waals surface area contributed by atoms with Crippen molar-refractivity contribution in [1.29, 1.82) is 0 Å². The largest absolute Gasteiger partial charge is 0.481 e. The average Bonchev–Trinajstić information content (AvgIpc) is 2.16. The molecule has 6 heteroatoms. The summed E-state index contributed by atoms with van der Waals surface area (Å²) in [4.78, 5) is 32.2. The standard InChI is InChI=1S/C9H12O6/c10-7(11)4-1-2-5(8(12)13)6(3-4)9(14)15/h4-6H,1-3H2,(H,10,11)(H,12,13)(H,14,15)/t4?,5-,6+/m1/s1. The van der Waals surface area contributed by atoms with E-state index in [1.807, 2.05) is 0 Å². The number of carboxylic acids is 3. The summed E-state index contributed by atoms with van der Waals surface area (Å²) in [6.07, 6.45) is 0.251. The zero-order chi connectivity index (χ0) is 11.6. The minimum Gasteiger partial charge on any atom is -0.481 e. The van der Waals surface area contributed by atoms with E-state index < -0.39 is 35.7 Å². The van der Waals surface area contributed by atoms with Gasteiger partial charge in [0.05, 0.1) is 17.8 Å². The van der Waals surface area contributed by atoms with Crippen LogP contribution >= 0.6 is 0 Å². The molecule has 0 amide bonds. The molecular weight excluding hydrogens is 204 g/mol. The summed E-state index contributed by atoms with van der Waals surface area (Å²) >= 11 is 0. The summed E-state index contributed by atoms with van der Waals surface area (Å²) < 4.78 is 0. The summed E-state index contributed by atoms with van der Waals surface area (Å²) in [7, 11) is 0. The van der Waals surface area contributed by atoms with Crippen LogP contribution in [-0.4, -0.2) is 33.2 Å². The monoisotopic (exact) mass is 216 g/mol. The number of rotatable bonds is 3. The van der Waals surface area contributed by atoms with Crippen molar-refractivity contribution in [1.82, 2.24) is 0 Å². The maximum absolute atomic E-state index is 10.8. The molecule has 1 rings (SSSR count). The van der Waals surface area contributed by atoms with E-state index in [0.717, 1.165) is 0 Å². The quantitative estimate of drug-likeness (QED) is 0.624. The van der Waals surface area contributed by atoms with Crippen LogP contribution in [0.5, 0.6) is 0 Å². The Morgan fingerprint density at radius 1 is 0.800 bits per heavy atom. The van der Waals surface area contributed by atoms with Crippen LogP contribution in [0.15, 0.2) is 0 Å². The van der Waals surface area contributed by atoms with E-state index in [9.17, 15) is 14.4 Å². The molecule has 1 unspecified atom stereocenters. The third-order valence-electron chi connectivity index (χ3n) is 2.83. The molecule has 15 heavy (non-hydrogen) atoms. The van der Waals surface area contributed by atoms with Gasteiger partial charge in [-0.15, -0.1) is 0 Å². The maximum atomic E-state index is 10.8. The van der Waals surface area contributed by atoms with Crippen molar-refractivity contribution < 1.29 is 29.7 Å². The molecule has 0 aromatic heterocycles. The van der Waals surface area contributed by atoms with Crippen molar-refractivity contribution >= 4 is 17.9 Å². The molecule has 84 valence electrons. The zero-order valence-corrected chi connectivity index (χ0v) is 7.92. The third-order valence-corrected chi connectivity index (χ3v) is 2.83. The van der Waals surface area contributed by atoms with E-state index in [2.05, 4.69) is 0 Å². The second-order valence-corrected chi connectivity index (χ2v) is 3.74. The highest BCUT2D eigenvalue weighted by molar-refractivity contribution is 5.81. The predicted molar refractivity (Wildman–Crippen MR) is 47.2 cm³/mol. The van der Waals surface area contributed by atoms with Gasteiger partial charge < -0.3 is 15.3 Å². The molecule has 3 atom stereocenters. The summed E-state index contributed by atoms with van der Waals surface area (Å²) in [6, 6.07) is 0. The molecule has 0 spiro atoms. The van der Waals surface area contributed by atoms with Gasteiger partial charge in [-0.1, -0.05) is 0 Å². The van der Waals surface area contributed by atoms with Crippen molar-refractivity contribution in [2.75, 3.05) is 0 Å². The second kappa shape index (κ2) is 4.29. The number of carboxylic acid groups (broad SMARTS) is 3. The van der Waals surface area contributed by atoms with Gasteiger partial charge in [-0.3, -0.25) is 14.4 Å². The van der Waals surface area contributed by atoms with Gasteiger partial charge in [-0.2, -0.15) is 0 Å². The Morgan fingerprint density at radius 2 is 1.33 bits per heavy atom. The molecule has 1 aliphatic carbocycles. The summed E-state index contributed by atoms with van der Waals surface area (Å²) in [5, 5.41) is 26.3. The molecule has 0 aromatic rings.